The first kappa shape index (κ1) is 13.5. The van der Waals surface area contributed by atoms with Gasteiger partial charge in [0.05, 0.1) is 5.60 Å². The lowest BCUT2D eigenvalue weighted by Crippen LogP contribution is -2.34. The predicted molar refractivity (Wildman–Crippen MR) is 66.0 cm³/mol. The largest absolute Gasteiger partial charge is 0.491 e. The zero-order valence-corrected chi connectivity index (χ0v) is 10.3. The van der Waals surface area contributed by atoms with Gasteiger partial charge >= 0.3 is 0 Å². The lowest BCUT2D eigenvalue weighted by molar-refractivity contribution is -0.0113. The van der Waals surface area contributed by atoms with Crippen molar-refractivity contribution < 1.29 is 14.6 Å². The molecule has 1 rings (SSSR count). The molecule has 0 radical (unpaired) electrons. The molecule has 0 saturated heterocycles. The fourth-order valence-corrected chi connectivity index (χ4v) is 1.41. The standard InChI is InChI=1S/C13H19NO3/c1-3-13(16,4-2)9-17-11-7-5-6-10(8-11)12(14)15/h5-8,16H,3-4,9H2,1-2H3,(H2,14,15). The van der Waals surface area contributed by atoms with Crippen molar-refractivity contribution in [3.8, 4) is 5.75 Å². The molecule has 0 saturated carbocycles. The van der Waals surface area contributed by atoms with Crippen LogP contribution >= 0.6 is 0 Å². The Kier molecular flexibility index (Phi) is 4.52. The number of hydrogen-bond acceptors (Lipinski definition) is 3. The summed E-state index contributed by atoms with van der Waals surface area (Å²) >= 11 is 0. The molecule has 94 valence electrons. The van der Waals surface area contributed by atoms with E-state index in [0.717, 1.165) is 0 Å². The molecule has 0 unspecified atom stereocenters. The molecular formula is C13H19NO3. The number of carbonyl (C=O) groups is 1. The maximum absolute atomic E-state index is 11.0. The van der Waals surface area contributed by atoms with Gasteiger partial charge in [-0.1, -0.05) is 19.9 Å². The summed E-state index contributed by atoms with van der Waals surface area (Å²) in [6.45, 7) is 4.03. The van der Waals surface area contributed by atoms with Crippen LogP contribution in [0.1, 0.15) is 37.0 Å². The molecule has 17 heavy (non-hydrogen) atoms. The number of rotatable bonds is 6. The molecule has 0 atom stereocenters. The number of amides is 1. The fourth-order valence-electron chi connectivity index (χ4n) is 1.41. The first-order valence-corrected chi connectivity index (χ1v) is 5.76. The van der Waals surface area contributed by atoms with Crippen molar-refractivity contribution in [1.29, 1.82) is 0 Å². The quantitative estimate of drug-likeness (QED) is 0.791. The number of primary amides is 1. The van der Waals surface area contributed by atoms with Gasteiger partial charge in [-0.05, 0) is 31.0 Å². The van der Waals surface area contributed by atoms with Crippen LogP contribution in [0.2, 0.25) is 0 Å². The van der Waals surface area contributed by atoms with Crippen molar-refractivity contribution in [2.75, 3.05) is 6.61 Å². The highest BCUT2D eigenvalue weighted by atomic mass is 16.5. The van der Waals surface area contributed by atoms with E-state index in [2.05, 4.69) is 0 Å². The average Bonchev–Trinajstić information content (AvgIpc) is 2.36. The van der Waals surface area contributed by atoms with Crippen LogP contribution in [0.15, 0.2) is 24.3 Å². The third kappa shape index (κ3) is 3.75. The molecule has 3 N–H and O–H groups in total. The lowest BCUT2D eigenvalue weighted by Gasteiger charge is -2.25. The zero-order chi connectivity index (χ0) is 12.9. The average molecular weight is 237 g/mol. The molecule has 4 heteroatoms. The Labute approximate surface area is 101 Å². The monoisotopic (exact) mass is 237 g/mol. The number of carbonyl (C=O) groups excluding carboxylic acids is 1. The zero-order valence-electron chi connectivity index (χ0n) is 10.3. The van der Waals surface area contributed by atoms with Crippen molar-refractivity contribution in [2.45, 2.75) is 32.3 Å². The van der Waals surface area contributed by atoms with Gasteiger partial charge in [0.25, 0.3) is 0 Å². The van der Waals surface area contributed by atoms with Crippen LogP contribution in [0, 0.1) is 0 Å². The van der Waals surface area contributed by atoms with Gasteiger partial charge in [-0.2, -0.15) is 0 Å². The second kappa shape index (κ2) is 5.68. The van der Waals surface area contributed by atoms with Gasteiger partial charge in [-0.3, -0.25) is 4.79 Å². The van der Waals surface area contributed by atoms with Crippen molar-refractivity contribution >= 4 is 5.91 Å². The number of nitrogens with two attached hydrogens (primary N) is 1. The first-order chi connectivity index (χ1) is 8.00. The van der Waals surface area contributed by atoms with Gasteiger partial charge in [0.15, 0.2) is 0 Å². The van der Waals surface area contributed by atoms with Gasteiger partial charge in [0.2, 0.25) is 5.91 Å². The Morgan fingerprint density at radius 1 is 1.41 bits per heavy atom. The number of ether oxygens (including phenoxy) is 1. The molecule has 0 aromatic heterocycles. The normalized spacial score (nSPS) is 11.2. The second-order valence-electron chi connectivity index (χ2n) is 4.11. The molecule has 0 fully saturated rings. The predicted octanol–water partition coefficient (Wildman–Crippen LogP) is 1.72. The summed E-state index contributed by atoms with van der Waals surface area (Å²) in [5, 5.41) is 10.1. The van der Waals surface area contributed by atoms with E-state index in [-0.39, 0.29) is 6.61 Å². The van der Waals surface area contributed by atoms with Gasteiger partial charge in [0.1, 0.15) is 12.4 Å². The Balaban J connectivity index is 2.69. The number of hydrogen-bond donors (Lipinski definition) is 2. The fraction of sp³-hybridized carbons (Fsp3) is 0.462. The Morgan fingerprint density at radius 3 is 2.59 bits per heavy atom. The minimum absolute atomic E-state index is 0.211. The van der Waals surface area contributed by atoms with Crippen molar-refractivity contribution in [3.05, 3.63) is 29.8 Å². The van der Waals surface area contributed by atoms with Gasteiger partial charge in [-0.25, -0.2) is 0 Å². The van der Waals surface area contributed by atoms with Crippen molar-refractivity contribution in [2.24, 2.45) is 5.73 Å². The van der Waals surface area contributed by atoms with E-state index in [1.807, 2.05) is 13.8 Å². The number of benzene rings is 1. The van der Waals surface area contributed by atoms with Crippen molar-refractivity contribution in [1.82, 2.24) is 0 Å². The van der Waals surface area contributed by atoms with E-state index in [4.69, 9.17) is 10.5 Å². The van der Waals surface area contributed by atoms with E-state index in [1.54, 1.807) is 24.3 Å². The van der Waals surface area contributed by atoms with Crippen LogP contribution in [0.4, 0.5) is 0 Å². The molecule has 0 heterocycles. The van der Waals surface area contributed by atoms with E-state index in [0.29, 0.717) is 24.2 Å². The maximum atomic E-state index is 11.0. The highest BCUT2D eigenvalue weighted by Gasteiger charge is 2.23. The molecule has 0 aliphatic heterocycles. The molecule has 0 bridgehead atoms. The molecule has 4 nitrogen and oxygen atoms in total. The van der Waals surface area contributed by atoms with E-state index >= 15 is 0 Å². The van der Waals surface area contributed by atoms with Gasteiger partial charge in [0, 0.05) is 5.56 Å². The molecule has 0 aliphatic rings. The van der Waals surface area contributed by atoms with Crippen LogP contribution in [-0.4, -0.2) is 23.2 Å². The SMILES string of the molecule is CCC(O)(CC)COc1cccc(C(N)=O)c1. The lowest BCUT2D eigenvalue weighted by atomic mass is 9.99. The summed E-state index contributed by atoms with van der Waals surface area (Å²) in [7, 11) is 0. The van der Waals surface area contributed by atoms with E-state index in [9.17, 15) is 9.90 Å². The molecule has 1 aromatic carbocycles. The molecule has 0 aliphatic carbocycles. The third-order valence-electron chi connectivity index (χ3n) is 2.94. The van der Waals surface area contributed by atoms with Crippen LogP contribution in [-0.2, 0) is 0 Å². The summed E-state index contributed by atoms with van der Waals surface area (Å²) in [5.74, 6) is 0.0540. The minimum atomic E-state index is -0.817. The van der Waals surface area contributed by atoms with Crippen LogP contribution in [0.25, 0.3) is 0 Å². The molecule has 1 aromatic rings. The second-order valence-corrected chi connectivity index (χ2v) is 4.11. The third-order valence-corrected chi connectivity index (χ3v) is 2.94. The summed E-state index contributed by atoms with van der Waals surface area (Å²) in [6.07, 6.45) is 1.25. The van der Waals surface area contributed by atoms with Crippen LogP contribution in [0.5, 0.6) is 5.75 Å². The van der Waals surface area contributed by atoms with Gasteiger partial charge in [-0.15, -0.1) is 0 Å². The molecule has 1 amide bonds. The molecular weight excluding hydrogens is 218 g/mol. The topological polar surface area (TPSA) is 72.6 Å². The maximum Gasteiger partial charge on any atom is 0.248 e. The Hall–Kier alpha value is -1.55. The van der Waals surface area contributed by atoms with Crippen LogP contribution < -0.4 is 10.5 Å². The van der Waals surface area contributed by atoms with E-state index < -0.39 is 11.5 Å². The first-order valence-electron chi connectivity index (χ1n) is 5.76. The highest BCUT2D eigenvalue weighted by molar-refractivity contribution is 5.93. The molecule has 0 spiro atoms. The Morgan fingerprint density at radius 2 is 2.06 bits per heavy atom. The smallest absolute Gasteiger partial charge is 0.248 e. The minimum Gasteiger partial charge on any atom is -0.491 e. The van der Waals surface area contributed by atoms with Crippen LogP contribution in [0.3, 0.4) is 0 Å². The number of aliphatic hydroxyl groups is 1. The Bertz CT molecular complexity index is 386. The van der Waals surface area contributed by atoms with Gasteiger partial charge < -0.3 is 15.6 Å². The highest BCUT2D eigenvalue weighted by Crippen LogP contribution is 2.19. The van der Waals surface area contributed by atoms with E-state index in [1.165, 1.54) is 0 Å². The summed E-state index contributed by atoms with van der Waals surface area (Å²) in [4.78, 5) is 11.0. The summed E-state index contributed by atoms with van der Waals surface area (Å²) < 4.78 is 5.49. The van der Waals surface area contributed by atoms with Crippen molar-refractivity contribution in [3.63, 3.8) is 0 Å². The summed E-state index contributed by atoms with van der Waals surface area (Å²) in [5.41, 5.74) is 4.76. The summed E-state index contributed by atoms with van der Waals surface area (Å²) in [6, 6.07) is 6.64.